The van der Waals surface area contributed by atoms with Crippen LogP contribution >= 0.6 is 7.82 Å². The highest BCUT2D eigenvalue weighted by atomic mass is 31.2. The van der Waals surface area contributed by atoms with Gasteiger partial charge in [0.1, 0.15) is 6.61 Å². The molecule has 0 spiro atoms. The smallest absolute Gasteiger partial charge is 0.462 e. The number of phosphoric ester groups is 1. The molecule has 0 saturated carbocycles. The van der Waals surface area contributed by atoms with Gasteiger partial charge in [-0.2, -0.15) is 0 Å². The Morgan fingerprint density at radius 1 is 0.403 bits per heavy atom. The summed E-state index contributed by atoms with van der Waals surface area (Å²) in [7, 11) is -4.40. The Bertz CT molecular complexity index is 1670. The first kappa shape index (κ1) is 73.4. The van der Waals surface area contributed by atoms with Crippen molar-refractivity contribution in [3.8, 4) is 0 Å². The standard InChI is InChI=1S/C67H114NO8P/c1-3-5-7-9-11-13-15-17-19-21-22-23-24-25-26-27-28-29-30-31-32-33-34-35-36-37-38-39-40-41-42-44-46-48-50-52-54-56-58-60-67(70)76-65(64-75-77(71,72)74-62-61-68)63-73-66(69)59-57-55-53-51-49-47-45-43-20-18-16-14-12-10-8-6-4-2/h5,7,11,13,17-20,22-23,25-26,28-29,31-32,34-35,37-38,65H,3-4,6,8-10,12,14-16,21,24,27,30,33,36,39-64,68H2,1-2H3,(H,71,72)/b7-5-,13-11-,19-17-,20-18-,23-22-,26-25-,29-28-,32-31-,35-34-,38-37-. The van der Waals surface area contributed by atoms with Crippen molar-refractivity contribution in [2.24, 2.45) is 5.73 Å². The van der Waals surface area contributed by atoms with Crippen molar-refractivity contribution >= 4 is 19.8 Å². The first-order valence-electron chi connectivity index (χ1n) is 31.0. The van der Waals surface area contributed by atoms with E-state index in [1.54, 1.807) is 0 Å². The summed E-state index contributed by atoms with van der Waals surface area (Å²) in [5, 5.41) is 0. The maximum Gasteiger partial charge on any atom is 0.472 e. The molecule has 440 valence electrons. The summed E-state index contributed by atoms with van der Waals surface area (Å²) in [6.07, 6.45) is 85.5. The lowest BCUT2D eigenvalue weighted by Crippen LogP contribution is -2.29. The summed E-state index contributed by atoms with van der Waals surface area (Å²) < 4.78 is 33.0. The molecule has 0 aromatic carbocycles. The Hall–Kier alpha value is -3.59. The van der Waals surface area contributed by atoms with Crippen molar-refractivity contribution in [1.29, 1.82) is 0 Å². The van der Waals surface area contributed by atoms with Gasteiger partial charge < -0.3 is 20.1 Å². The lowest BCUT2D eigenvalue weighted by atomic mass is 10.0. The van der Waals surface area contributed by atoms with Gasteiger partial charge in [-0.15, -0.1) is 0 Å². The van der Waals surface area contributed by atoms with Crippen molar-refractivity contribution in [2.45, 2.75) is 264 Å². The zero-order chi connectivity index (χ0) is 55.9. The van der Waals surface area contributed by atoms with Gasteiger partial charge in [-0.25, -0.2) is 4.57 Å². The molecule has 10 heteroatoms. The Morgan fingerprint density at radius 2 is 0.714 bits per heavy atom. The zero-order valence-corrected chi connectivity index (χ0v) is 50.0. The van der Waals surface area contributed by atoms with Crippen LogP contribution in [0.1, 0.15) is 258 Å². The van der Waals surface area contributed by atoms with E-state index in [4.69, 9.17) is 24.3 Å². The van der Waals surface area contributed by atoms with Gasteiger partial charge in [0.05, 0.1) is 13.2 Å². The van der Waals surface area contributed by atoms with Gasteiger partial charge in [0.15, 0.2) is 6.10 Å². The van der Waals surface area contributed by atoms with Crippen LogP contribution in [0.15, 0.2) is 122 Å². The van der Waals surface area contributed by atoms with Crippen LogP contribution in [-0.2, 0) is 32.7 Å². The fraction of sp³-hybridized carbons (Fsp3) is 0.672. The quantitative estimate of drug-likeness (QED) is 0.0264. The van der Waals surface area contributed by atoms with Crippen LogP contribution in [0, 0.1) is 0 Å². The maximum atomic E-state index is 12.7. The second-order valence-corrected chi connectivity index (χ2v) is 21.6. The summed E-state index contributed by atoms with van der Waals surface area (Å²) in [6.45, 7) is 3.62. The zero-order valence-electron chi connectivity index (χ0n) is 49.2. The van der Waals surface area contributed by atoms with E-state index < -0.39 is 26.5 Å². The summed E-state index contributed by atoms with van der Waals surface area (Å²) in [6, 6.07) is 0. The molecule has 9 nitrogen and oxygen atoms in total. The number of esters is 2. The number of phosphoric acid groups is 1. The van der Waals surface area contributed by atoms with Crippen molar-refractivity contribution < 1.29 is 37.6 Å². The lowest BCUT2D eigenvalue weighted by molar-refractivity contribution is -0.161. The third-order valence-electron chi connectivity index (χ3n) is 12.8. The topological polar surface area (TPSA) is 134 Å². The first-order chi connectivity index (χ1) is 37.8. The molecule has 0 aliphatic heterocycles. The number of ether oxygens (including phenoxy) is 2. The minimum atomic E-state index is -4.40. The Balaban J connectivity index is 3.95. The molecular formula is C67H114NO8P. The minimum absolute atomic E-state index is 0.0479. The van der Waals surface area contributed by atoms with Crippen molar-refractivity contribution in [2.75, 3.05) is 26.4 Å². The number of hydrogen-bond donors (Lipinski definition) is 2. The Kier molecular flexibility index (Phi) is 58.7. The second kappa shape index (κ2) is 61.6. The Morgan fingerprint density at radius 3 is 1.08 bits per heavy atom. The van der Waals surface area contributed by atoms with Gasteiger partial charge in [0.2, 0.25) is 0 Å². The molecule has 77 heavy (non-hydrogen) atoms. The number of hydrogen-bond acceptors (Lipinski definition) is 8. The SMILES string of the molecule is CC/C=C\C/C=C\C/C=C\C/C=C\C/C=C\C/C=C\C/C=C\C/C=C\C/C=C\CCCCCCCCCCCCCC(=O)OC(COC(=O)CCCCCCCCC/C=C\CCCCCCCC)COP(=O)(O)OCCN. The molecule has 0 rings (SSSR count). The van der Waals surface area contributed by atoms with Crippen LogP contribution in [0.3, 0.4) is 0 Å². The van der Waals surface area contributed by atoms with E-state index in [-0.39, 0.29) is 38.6 Å². The van der Waals surface area contributed by atoms with Crippen LogP contribution in [-0.4, -0.2) is 49.3 Å². The third-order valence-corrected chi connectivity index (χ3v) is 13.8. The molecule has 0 aliphatic carbocycles. The monoisotopic (exact) mass is 1090 g/mol. The number of rotatable bonds is 57. The fourth-order valence-electron chi connectivity index (χ4n) is 8.27. The van der Waals surface area contributed by atoms with Crippen LogP contribution < -0.4 is 5.73 Å². The number of carbonyl (C=O) groups is 2. The fourth-order valence-corrected chi connectivity index (χ4v) is 9.04. The number of nitrogens with two attached hydrogens (primary N) is 1. The molecule has 3 N–H and O–H groups in total. The largest absolute Gasteiger partial charge is 0.472 e. The highest BCUT2D eigenvalue weighted by molar-refractivity contribution is 7.47. The predicted molar refractivity (Wildman–Crippen MR) is 330 cm³/mol. The van der Waals surface area contributed by atoms with E-state index in [9.17, 15) is 19.0 Å². The van der Waals surface area contributed by atoms with Gasteiger partial charge in [-0.3, -0.25) is 18.6 Å². The lowest BCUT2D eigenvalue weighted by Gasteiger charge is -2.19. The molecule has 0 radical (unpaired) electrons. The molecule has 2 unspecified atom stereocenters. The molecule has 0 bridgehead atoms. The van der Waals surface area contributed by atoms with E-state index in [0.717, 1.165) is 116 Å². The Labute approximate surface area is 472 Å². The number of allylic oxidation sites excluding steroid dienone is 20. The molecule has 2 atom stereocenters. The van der Waals surface area contributed by atoms with Gasteiger partial charge in [0, 0.05) is 19.4 Å². The summed E-state index contributed by atoms with van der Waals surface area (Å²) in [5.41, 5.74) is 5.38. The van der Waals surface area contributed by atoms with E-state index in [0.29, 0.717) is 6.42 Å². The van der Waals surface area contributed by atoms with Crippen molar-refractivity contribution in [3.63, 3.8) is 0 Å². The molecule has 0 amide bonds. The highest BCUT2D eigenvalue weighted by Crippen LogP contribution is 2.43. The van der Waals surface area contributed by atoms with Crippen LogP contribution in [0.4, 0.5) is 0 Å². The van der Waals surface area contributed by atoms with Crippen molar-refractivity contribution in [3.05, 3.63) is 122 Å². The second-order valence-electron chi connectivity index (χ2n) is 20.2. The van der Waals surface area contributed by atoms with Gasteiger partial charge in [-0.05, 0) is 109 Å². The van der Waals surface area contributed by atoms with Gasteiger partial charge >= 0.3 is 19.8 Å². The summed E-state index contributed by atoms with van der Waals surface area (Å²) >= 11 is 0. The van der Waals surface area contributed by atoms with Crippen LogP contribution in [0.25, 0.3) is 0 Å². The number of carbonyl (C=O) groups excluding carboxylic acids is 2. The van der Waals surface area contributed by atoms with E-state index in [1.165, 1.54) is 109 Å². The molecule has 0 aliphatic rings. The maximum absolute atomic E-state index is 12.7. The van der Waals surface area contributed by atoms with Gasteiger partial charge in [-0.1, -0.05) is 257 Å². The summed E-state index contributed by atoms with van der Waals surface area (Å²) in [5.74, 6) is -0.838. The molecule has 0 saturated heterocycles. The highest BCUT2D eigenvalue weighted by Gasteiger charge is 2.26. The van der Waals surface area contributed by atoms with Crippen LogP contribution in [0.2, 0.25) is 0 Å². The molecule has 0 fully saturated rings. The average Bonchev–Trinajstić information content (AvgIpc) is 3.42. The molecule has 0 heterocycles. The normalized spacial score (nSPS) is 13.9. The van der Waals surface area contributed by atoms with E-state index >= 15 is 0 Å². The molecular weight excluding hydrogens is 978 g/mol. The van der Waals surface area contributed by atoms with E-state index in [2.05, 4.69) is 135 Å². The average molecular weight is 1090 g/mol. The third kappa shape index (κ3) is 61.5. The summed E-state index contributed by atoms with van der Waals surface area (Å²) in [4.78, 5) is 35.2. The van der Waals surface area contributed by atoms with E-state index in [1.807, 2.05) is 0 Å². The molecule has 0 aromatic rings. The van der Waals surface area contributed by atoms with Gasteiger partial charge in [0.25, 0.3) is 0 Å². The van der Waals surface area contributed by atoms with Crippen LogP contribution in [0.5, 0.6) is 0 Å². The first-order valence-corrected chi connectivity index (χ1v) is 32.5. The van der Waals surface area contributed by atoms with Crippen molar-refractivity contribution in [1.82, 2.24) is 0 Å². The predicted octanol–water partition coefficient (Wildman–Crippen LogP) is 20.0. The minimum Gasteiger partial charge on any atom is -0.462 e. The number of unbranched alkanes of at least 4 members (excludes halogenated alkanes) is 24. The molecule has 0 aromatic heterocycles.